The molecule has 0 bridgehead atoms. The molecule has 0 unspecified atom stereocenters. The van der Waals surface area contributed by atoms with Gasteiger partial charge in [0, 0.05) is 6.54 Å². The minimum absolute atomic E-state index is 0.624. The maximum Gasteiger partial charge on any atom is 0.423 e. The number of primary amides is 1. The summed E-state index contributed by atoms with van der Waals surface area (Å²) in [7, 11) is 0. The Bertz CT molecular complexity index is 352. The molecule has 0 atom stereocenters. The van der Waals surface area contributed by atoms with Gasteiger partial charge in [0.15, 0.2) is 0 Å². The van der Waals surface area contributed by atoms with Gasteiger partial charge in [-0.05, 0) is 17.5 Å². The molecule has 0 fully saturated rings. The van der Waals surface area contributed by atoms with Crippen molar-refractivity contribution in [2.24, 2.45) is 5.73 Å². The standard InChI is InChI=1S/C10H12N2O2/c11-10(13)14-12-6-5-8-3-1-2-4-9(8)7-12/h1-4H,5-7H2,(H2,11,13). The normalized spacial score (nSPS) is 16.0. The third kappa shape index (κ3) is 1.85. The van der Waals surface area contributed by atoms with Gasteiger partial charge in [0.05, 0.1) is 6.54 Å². The van der Waals surface area contributed by atoms with E-state index in [0.29, 0.717) is 13.1 Å². The summed E-state index contributed by atoms with van der Waals surface area (Å²) in [6, 6.07) is 8.12. The molecule has 1 aliphatic heterocycles. The zero-order valence-electron chi connectivity index (χ0n) is 7.77. The molecular formula is C10H12N2O2. The molecule has 1 aromatic rings. The number of carbonyl (C=O) groups is 1. The summed E-state index contributed by atoms with van der Waals surface area (Å²) in [5.74, 6) is 0. The van der Waals surface area contributed by atoms with Crippen molar-refractivity contribution in [1.29, 1.82) is 0 Å². The highest BCUT2D eigenvalue weighted by atomic mass is 16.7. The Morgan fingerprint density at radius 1 is 1.36 bits per heavy atom. The number of nitrogens with two attached hydrogens (primary N) is 1. The van der Waals surface area contributed by atoms with Crippen LogP contribution in [0.2, 0.25) is 0 Å². The highest BCUT2D eigenvalue weighted by Crippen LogP contribution is 2.18. The van der Waals surface area contributed by atoms with Crippen molar-refractivity contribution in [3.8, 4) is 0 Å². The molecule has 74 valence electrons. The molecule has 1 heterocycles. The molecule has 1 amide bonds. The van der Waals surface area contributed by atoms with E-state index >= 15 is 0 Å². The molecule has 1 aromatic carbocycles. The van der Waals surface area contributed by atoms with Crippen molar-refractivity contribution in [2.45, 2.75) is 13.0 Å². The van der Waals surface area contributed by atoms with Crippen LogP contribution in [-0.4, -0.2) is 17.7 Å². The lowest BCUT2D eigenvalue weighted by molar-refractivity contribution is -0.107. The molecule has 1 aliphatic rings. The SMILES string of the molecule is NC(=O)ON1CCc2ccccc2C1. The molecule has 0 aliphatic carbocycles. The lowest BCUT2D eigenvalue weighted by Gasteiger charge is -2.26. The van der Waals surface area contributed by atoms with Crippen LogP contribution in [0.5, 0.6) is 0 Å². The third-order valence-electron chi connectivity index (χ3n) is 2.31. The summed E-state index contributed by atoms with van der Waals surface area (Å²) in [5, 5.41) is 1.59. The number of amides is 1. The molecule has 0 saturated heterocycles. The van der Waals surface area contributed by atoms with E-state index in [0.717, 1.165) is 6.42 Å². The number of hydroxylamine groups is 2. The molecule has 14 heavy (non-hydrogen) atoms. The Hall–Kier alpha value is -1.55. The van der Waals surface area contributed by atoms with Crippen molar-refractivity contribution >= 4 is 6.09 Å². The fourth-order valence-corrected chi connectivity index (χ4v) is 1.67. The van der Waals surface area contributed by atoms with Gasteiger partial charge in [0.25, 0.3) is 0 Å². The predicted octanol–water partition coefficient (Wildman–Crippen LogP) is 1.06. The monoisotopic (exact) mass is 192 g/mol. The van der Waals surface area contributed by atoms with E-state index in [1.165, 1.54) is 11.1 Å². The second-order valence-electron chi connectivity index (χ2n) is 3.29. The Morgan fingerprint density at radius 2 is 2.07 bits per heavy atom. The highest BCUT2D eigenvalue weighted by Gasteiger charge is 2.17. The summed E-state index contributed by atoms with van der Waals surface area (Å²) < 4.78 is 0. The van der Waals surface area contributed by atoms with E-state index in [4.69, 9.17) is 10.6 Å². The molecule has 4 nitrogen and oxygen atoms in total. The van der Waals surface area contributed by atoms with E-state index < -0.39 is 6.09 Å². The van der Waals surface area contributed by atoms with Crippen LogP contribution in [0.15, 0.2) is 24.3 Å². The van der Waals surface area contributed by atoms with Gasteiger partial charge in [-0.2, -0.15) is 0 Å². The van der Waals surface area contributed by atoms with Crippen LogP contribution in [-0.2, 0) is 17.8 Å². The molecule has 0 aromatic heterocycles. The smallest absolute Gasteiger partial charge is 0.351 e. The fraction of sp³-hybridized carbons (Fsp3) is 0.300. The molecule has 4 heteroatoms. The topological polar surface area (TPSA) is 55.6 Å². The Labute approximate surface area is 82.2 Å². The van der Waals surface area contributed by atoms with Crippen LogP contribution in [0.1, 0.15) is 11.1 Å². The number of nitrogens with zero attached hydrogens (tertiary/aromatic N) is 1. The van der Waals surface area contributed by atoms with E-state index in [-0.39, 0.29) is 0 Å². The minimum Gasteiger partial charge on any atom is -0.351 e. The zero-order chi connectivity index (χ0) is 9.97. The van der Waals surface area contributed by atoms with Crippen molar-refractivity contribution in [2.75, 3.05) is 6.54 Å². The number of hydrogen-bond donors (Lipinski definition) is 1. The molecular weight excluding hydrogens is 180 g/mol. The second kappa shape index (κ2) is 3.67. The largest absolute Gasteiger partial charge is 0.423 e. The van der Waals surface area contributed by atoms with E-state index in [1.54, 1.807) is 5.06 Å². The van der Waals surface area contributed by atoms with Crippen molar-refractivity contribution in [3.05, 3.63) is 35.4 Å². The van der Waals surface area contributed by atoms with Gasteiger partial charge in [0.1, 0.15) is 0 Å². The molecule has 2 rings (SSSR count). The maximum absolute atomic E-state index is 10.5. The molecule has 2 N–H and O–H groups in total. The van der Waals surface area contributed by atoms with Crippen molar-refractivity contribution in [1.82, 2.24) is 5.06 Å². The molecule has 0 spiro atoms. The Kier molecular flexibility index (Phi) is 2.37. The summed E-state index contributed by atoms with van der Waals surface area (Å²) in [6.07, 6.45) is 0.146. The summed E-state index contributed by atoms with van der Waals surface area (Å²) in [6.45, 7) is 1.33. The Morgan fingerprint density at radius 3 is 2.79 bits per heavy atom. The number of fused-ring (bicyclic) bond motifs is 1. The summed E-state index contributed by atoms with van der Waals surface area (Å²) in [5.41, 5.74) is 7.45. The second-order valence-corrected chi connectivity index (χ2v) is 3.29. The van der Waals surface area contributed by atoms with Gasteiger partial charge >= 0.3 is 6.09 Å². The van der Waals surface area contributed by atoms with E-state index in [1.807, 2.05) is 18.2 Å². The first kappa shape index (κ1) is 9.02. The fourth-order valence-electron chi connectivity index (χ4n) is 1.67. The number of benzene rings is 1. The van der Waals surface area contributed by atoms with Crippen molar-refractivity contribution in [3.63, 3.8) is 0 Å². The van der Waals surface area contributed by atoms with Gasteiger partial charge in [0.2, 0.25) is 0 Å². The lowest BCUT2D eigenvalue weighted by atomic mass is 10.0. The number of hydrogen-bond acceptors (Lipinski definition) is 3. The predicted molar refractivity (Wildman–Crippen MR) is 51.2 cm³/mol. The first-order valence-corrected chi connectivity index (χ1v) is 4.55. The summed E-state index contributed by atoms with van der Waals surface area (Å²) >= 11 is 0. The number of rotatable bonds is 1. The van der Waals surface area contributed by atoms with Crippen LogP contribution < -0.4 is 5.73 Å². The summed E-state index contributed by atoms with van der Waals surface area (Å²) in [4.78, 5) is 15.4. The molecule has 0 saturated carbocycles. The first-order valence-electron chi connectivity index (χ1n) is 4.55. The van der Waals surface area contributed by atoms with E-state index in [9.17, 15) is 4.79 Å². The first-order chi connectivity index (χ1) is 6.75. The van der Waals surface area contributed by atoms with Gasteiger partial charge in [-0.25, -0.2) is 4.79 Å². The van der Waals surface area contributed by atoms with Gasteiger partial charge < -0.3 is 10.6 Å². The van der Waals surface area contributed by atoms with Gasteiger partial charge in [-0.3, -0.25) is 0 Å². The van der Waals surface area contributed by atoms with Gasteiger partial charge in [-0.15, -0.1) is 5.06 Å². The van der Waals surface area contributed by atoms with E-state index in [2.05, 4.69) is 6.07 Å². The number of carbonyl (C=O) groups excluding carboxylic acids is 1. The highest BCUT2D eigenvalue weighted by molar-refractivity contribution is 5.64. The quantitative estimate of drug-likeness (QED) is 0.723. The zero-order valence-corrected chi connectivity index (χ0v) is 7.77. The molecule has 0 radical (unpaired) electrons. The third-order valence-corrected chi connectivity index (χ3v) is 2.31. The van der Waals surface area contributed by atoms with Crippen molar-refractivity contribution < 1.29 is 9.63 Å². The average Bonchev–Trinajstić information content (AvgIpc) is 2.17. The van der Waals surface area contributed by atoms with Gasteiger partial charge in [-0.1, -0.05) is 24.3 Å². The maximum atomic E-state index is 10.5. The van der Waals surface area contributed by atoms with Crippen LogP contribution in [0.4, 0.5) is 4.79 Å². The van der Waals surface area contributed by atoms with Crippen LogP contribution in [0.25, 0.3) is 0 Å². The van der Waals surface area contributed by atoms with Crippen LogP contribution in [0, 0.1) is 0 Å². The Balaban J connectivity index is 2.09. The minimum atomic E-state index is -0.746. The van der Waals surface area contributed by atoms with Crippen LogP contribution in [0.3, 0.4) is 0 Å². The van der Waals surface area contributed by atoms with Crippen LogP contribution >= 0.6 is 0 Å². The lowest BCUT2D eigenvalue weighted by Crippen LogP contribution is -2.34. The average molecular weight is 192 g/mol.